The standard InChI is InChI=1S/C16H15N3O5/c1-9(16(23)24-2)18-7-12-13(15(21)22)17-8-19(12)11-6-4-3-5-10(11)14(18)20/h3-6,8-9H,7H2,1-2H3,(H,21,22). The fourth-order valence-corrected chi connectivity index (χ4v) is 2.77. The van der Waals surface area contributed by atoms with E-state index >= 15 is 0 Å². The summed E-state index contributed by atoms with van der Waals surface area (Å²) >= 11 is 0. The summed E-state index contributed by atoms with van der Waals surface area (Å²) in [6.07, 6.45) is 1.37. The maximum Gasteiger partial charge on any atom is 0.356 e. The first-order valence-corrected chi connectivity index (χ1v) is 7.23. The summed E-state index contributed by atoms with van der Waals surface area (Å²) in [5.74, 6) is -2.14. The fraction of sp³-hybridized carbons (Fsp3) is 0.250. The average Bonchev–Trinajstić information content (AvgIpc) is 2.96. The van der Waals surface area contributed by atoms with Crippen LogP contribution < -0.4 is 0 Å². The zero-order chi connectivity index (χ0) is 17.4. The normalized spacial score (nSPS) is 14.4. The highest BCUT2D eigenvalue weighted by Crippen LogP contribution is 2.27. The van der Waals surface area contributed by atoms with E-state index < -0.39 is 18.0 Å². The second-order valence-corrected chi connectivity index (χ2v) is 5.36. The molecule has 0 radical (unpaired) electrons. The number of benzene rings is 1. The van der Waals surface area contributed by atoms with Crippen LogP contribution in [0.15, 0.2) is 30.6 Å². The van der Waals surface area contributed by atoms with Crippen molar-refractivity contribution in [3.8, 4) is 5.69 Å². The minimum absolute atomic E-state index is 0.0641. The van der Waals surface area contributed by atoms with Gasteiger partial charge in [-0.25, -0.2) is 14.6 Å². The topological polar surface area (TPSA) is 102 Å². The molecule has 0 spiro atoms. The molecule has 1 unspecified atom stereocenters. The Morgan fingerprint density at radius 3 is 2.71 bits per heavy atom. The number of amides is 1. The van der Waals surface area contributed by atoms with Crippen LogP contribution in [0.2, 0.25) is 0 Å². The quantitative estimate of drug-likeness (QED) is 0.846. The van der Waals surface area contributed by atoms with Crippen molar-refractivity contribution in [2.75, 3.05) is 7.11 Å². The molecule has 8 heteroatoms. The largest absolute Gasteiger partial charge is 0.476 e. The number of aromatic carboxylic acids is 1. The number of ether oxygens (including phenoxy) is 1. The van der Waals surface area contributed by atoms with Crippen molar-refractivity contribution in [2.45, 2.75) is 19.5 Å². The van der Waals surface area contributed by atoms with Crippen LogP contribution >= 0.6 is 0 Å². The van der Waals surface area contributed by atoms with Gasteiger partial charge in [-0.05, 0) is 19.1 Å². The SMILES string of the molecule is COC(=O)C(C)N1Cc2c(C(=O)O)ncn2-c2ccccc2C1=O. The number of carbonyl (C=O) groups is 3. The number of hydrogen-bond acceptors (Lipinski definition) is 5. The van der Waals surface area contributed by atoms with E-state index in [9.17, 15) is 19.5 Å². The molecule has 0 saturated heterocycles. The van der Waals surface area contributed by atoms with Gasteiger partial charge in [0.25, 0.3) is 5.91 Å². The molecule has 1 amide bonds. The Hall–Kier alpha value is -3.16. The number of para-hydroxylation sites is 1. The number of hydrogen-bond donors (Lipinski definition) is 1. The molecular weight excluding hydrogens is 314 g/mol. The first-order chi connectivity index (χ1) is 11.5. The third-order valence-corrected chi connectivity index (χ3v) is 4.05. The first kappa shape index (κ1) is 15.7. The maximum absolute atomic E-state index is 12.9. The third-order valence-electron chi connectivity index (χ3n) is 4.05. The Morgan fingerprint density at radius 1 is 1.33 bits per heavy atom. The summed E-state index contributed by atoms with van der Waals surface area (Å²) in [6, 6.07) is 5.92. The summed E-state index contributed by atoms with van der Waals surface area (Å²) in [4.78, 5) is 41.4. The van der Waals surface area contributed by atoms with Crippen molar-refractivity contribution in [3.05, 3.63) is 47.5 Å². The smallest absolute Gasteiger partial charge is 0.356 e. The first-order valence-electron chi connectivity index (χ1n) is 7.23. The Morgan fingerprint density at radius 2 is 2.04 bits per heavy atom. The summed E-state index contributed by atoms with van der Waals surface area (Å²) in [6.45, 7) is 1.48. The summed E-state index contributed by atoms with van der Waals surface area (Å²) < 4.78 is 6.29. The van der Waals surface area contributed by atoms with Gasteiger partial charge in [-0.1, -0.05) is 12.1 Å². The Bertz CT molecular complexity index is 842. The number of aromatic nitrogens is 2. The van der Waals surface area contributed by atoms with Gasteiger partial charge in [-0.15, -0.1) is 0 Å². The molecule has 1 aromatic heterocycles. The van der Waals surface area contributed by atoms with Gasteiger partial charge in [-0.3, -0.25) is 9.36 Å². The van der Waals surface area contributed by atoms with Crippen LogP contribution in [0.3, 0.4) is 0 Å². The lowest BCUT2D eigenvalue weighted by atomic mass is 10.1. The Labute approximate surface area is 137 Å². The van der Waals surface area contributed by atoms with Gasteiger partial charge in [0.2, 0.25) is 0 Å². The Kier molecular flexibility index (Phi) is 3.80. The Balaban J connectivity index is 2.21. The second-order valence-electron chi connectivity index (χ2n) is 5.36. The lowest BCUT2D eigenvalue weighted by Crippen LogP contribution is -2.43. The van der Waals surface area contributed by atoms with Gasteiger partial charge in [-0.2, -0.15) is 0 Å². The lowest BCUT2D eigenvalue weighted by Gasteiger charge is -2.26. The molecule has 0 bridgehead atoms. The monoisotopic (exact) mass is 329 g/mol. The van der Waals surface area contributed by atoms with Crippen LogP contribution in [0.1, 0.15) is 33.5 Å². The number of imidazole rings is 1. The summed E-state index contributed by atoms with van der Waals surface area (Å²) in [5, 5.41) is 9.34. The molecule has 2 heterocycles. The molecule has 8 nitrogen and oxygen atoms in total. The number of nitrogens with zero attached hydrogens (tertiary/aromatic N) is 3. The summed E-state index contributed by atoms with van der Waals surface area (Å²) in [5.41, 5.74) is 1.07. The molecular formula is C16H15N3O5. The van der Waals surface area contributed by atoms with E-state index in [1.165, 1.54) is 18.3 Å². The fourth-order valence-electron chi connectivity index (χ4n) is 2.77. The molecule has 1 aromatic carbocycles. The van der Waals surface area contributed by atoms with Gasteiger partial charge >= 0.3 is 11.9 Å². The predicted octanol–water partition coefficient (Wildman–Crippen LogP) is 1.09. The third kappa shape index (κ3) is 2.32. The maximum atomic E-state index is 12.9. The van der Waals surface area contributed by atoms with E-state index in [0.29, 0.717) is 16.9 Å². The van der Waals surface area contributed by atoms with E-state index in [0.717, 1.165) is 0 Å². The highest BCUT2D eigenvalue weighted by Gasteiger charge is 2.34. The van der Waals surface area contributed by atoms with Gasteiger partial charge < -0.3 is 14.7 Å². The highest BCUT2D eigenvalue weighted by molar-refractivity contribution is 6.00. The van der Waals surface area contributed by atoms with Gasteiger partial charge in [0.05, 0.1) is 30.6 Å². The van der Waals surface area contributed by atoms with Crippen molar-refractivity contribution in [3.63, 3.8) is 0 Å². The van der Waals surface area contributed by atoms with Gasteiger partial charge in [0.1, 0.15) is 12.4 Å². The van der Waals surface area contributed by atoms with E-state index in [4.69, 9.17) is 4.74 Å². The number of fused-ring (bicyclic) bond motifs is 3. The molecule has 124 valence electrons. The van der Waals surface area contributed by atoms with Crippen molar-refractivity contribution in [1.82, 2.24) is 14.5 Å². The molecule has 1 aliphatic rings. The molecule has 1 aliphatic heterocycles. The predicted molar refractivity (Wildman–Crippen MR) is 81.9 cm³/mol. The number of rotatable bonds is 3. The second kappa shape index (κ2) is 5.80. The number of carbonyl (C=O) groups excluding carboxylic acids is 2. The van der Waals surface area contributed by atoms with E-state index in [1.54, 1.807) is 35.8 Å². The molecule has 1 N–H and O–H groups in total. The minimum atomic E-state index is -1.19. The van der Waals surface area contributed by atoms with Crippen LogP contribution in [0.5, 0.6) is 0 Å². The van der Waals surface area contributed by atoms with Crippen LogP contribution in [0.4, 0.5) is 0 Å². The summed E-state index contributed by atoms with van der Waals surface area (Å²) in [7, 11) is 1.24. The molecule has 24 heavy (non-hydrogen) atoms. The zero-order valence-corrected chi connectivity index (χ0v) is 13.1. The molecule has 1 atom stereocenters. The average molecular weight is 329 g/mol. The van der Waals surface area contributed by atoms with E-state index in [1.807, 2.05) is 0 Å². The highest BCUT2D eigenvalue weighted by atomic mass is 16.5. The van der Waals surface area contributed by atoms with Crippen LogP contribution in [0, 0.1) is 0 Å². The van der Waals surface area contributed by atoms with Crippen molar-refractivity contribution < 1.29 is 24.2 Å². The number of esters is 1. The number of carboxylic acid groups (broad SMARTS) is 1. The van der Waals surface area contributed by atoms with E-state index in [2.05, 4.69) is 4.98 Å². The molecule has 3 rings (SSSR count). The van der Waals surface area contributed by atoms with Crippen LogP contribution in [0.25, 0.3) is 5.69 Å². The van der Waals surface area contributed by atoms with E-state index in [-0.39, 0.29) is 18.1 Å². The van der Waals surface area contributed by atoms with Crippen molar-refractivity contribution in [2.24, 2.45) is 0 Å². The molecule has 0 aliphatic carbocycles. The van der Waals surface area contributed by atoms with Crippen molar-refractivity contribution >= 4 is 17.8 Å². The van der Waals surface area contributed by atoms with Gasteiger partial charge in [0.15, 0.2) is 5.69 Å². The number of methoxy groups -OCH3 is 1. The molecule has 0 saturated carbocycles. The molecule has 0 fully saturated rings. The minimum Gasteiger partial charge on any atom is -0.476 e. The zero-order valence-electron chi connectivity index (χ0n) is 13.1. The van der Waals surface area contributed by atoms with Gasteiger partial charge in [0, 0.05) is 0 Å². The van der Waals surface area contributed by atoms with Crippen LogP contribution in [-0.4, -0.2) is 50.6 Å². The molecule has 2 aromatic rings. The van der Waals surface area contributed by atoms with Crippen molar-refractivity contribution in [1.29, 1.82) is 0 Å². The number of carboxylic acids is 1. The lowest BCUT2D eigenvalue weighted by molar-refractivity contribution is -0.145. The van der Waals surface area contributed by atoms with Crippen LogP contribution in [-0.2, 0) is 16.1 Å².